The smallest absolute Gasteiger partial charge is 0.308 e. The Bertz CT molecular complexity index is 545. The van der Waals surface area contributed by atoms with Gasteiger partial charge in [0.05, 0.1) is 24.0 Å². The molecule has 1 saturated carbocycles. The van der Waals surface area contributed by atoms with Gasteiger partial charge in [0, 0.05) is 17.3 Å². The first kappa shape index (κ1) is 15.5. The molecule has 2 atom stereocenters. The van der Waals surface area contributed by atoms with E-state index in [0.717, 1.165) is 37.7 Å². The van der Waals surface area contributed by atoms with E-state index in [9.17, 15) is 14.7 Å². The number of thiophene rings is 1. The Hall–Kier alpha value is -1.40. The van der Waals surface area contributed by atoms with Gasteiger partial charge in [-0.1, -0.05) is 19.3 Å². The molecule has 120 valence electrons. The van der Waals surface area contributed by atoms with Gasteiger partial charge in [0.15, 0.2) is 0 Å². The molecule has 1 aromatic heterocycles. The number of carboxylic acids is 1. The summed E-state index contributed by atoms with van der Waals surface area (Å²) in [6.07, 6.45) is 5.19. The fourth-order valence-corrected chi connectivity index (χ4v) is 4.33. The maximum atomic E-state index is 12.5. The predicted molar refractivity (Wildman–Crippen MR) is 83.1 cm³/mol. The number of carbonyl (C=O) groups is 2. The van der Waals surface area contributed by atoms with Crippen LogP contribution in [-0.4, -0.2) is 29.6 Å². The number of aliphatic carboxylic acids is 1. The fourth-order valence-electron chi connectivity index (χ4n) is 3.27. The molecule has 0 bridgehead atoms. The number of ether oxygens (including phenoxy) is 1. The summed E-state index contributed by atoms with van der Waals surface area (Å²) in [5.74, 6) is -1.41. The molecule has 1 aromatic rings. The zero-order chi connectivity index (χ0) is 15.5. The summed E-state index contributed by atoms with van der Waals surface area (Å²) in [6, 6.07) is 1.63. The average molecular weight is 323 g/mol. The molecule has 22 heavy (non-hydrogen) atoms. The number of carboxylic acid groups (broad SMARTS) is 1. The maximum Gasteiger partial charge on any atom is 0.308 e. The summed E-state index contributed by atoms with van der Waals surface area (Å²) in [7, 11) is 0. The van der Waals surface area contributed by atoms with Crippen LogP contribution in [0.2, 0.25) is 0 Å². The summed E-state index contributed by atoms with van der Waals surface area (Å²) in [5.41, 5.74) is 1.09. The van der Waals surface area contributed by atoms with Crippen molar-refractivity contribution < 1.29 is 19.4 Å². The first-order chi connectivity index (χ1) is 10.6. The second-order valence-electron chi connectivity index (χ2n) is 6.02. The van der Waals surface area contributed by atoms with Gasteiger partial charge >= 0.3 is 5.97 Å². The Kier molecular flexibility index (Phi) is 4.78. The van der Waals surface area contributed by atoms with Crippen LogP contribution in [0.15, 0.2) is 6.07 Å². The molecule has 1 fully saturated rings. The number of hydrogen-bond acceptors (Lipinski definition) is 4. The molecule has 0 aromatic carbocycles. The number of amides is 1. The second-order valence-corrected chi connectivity index (χ2v) is 7.16. The first-order valence-corrected chi connectivity index (χ1v) is 8.70. The van der Waals surface area contributed by atoms with E-state index in [2.05, 4.69) is 5.32 Å². The Balaban J connectivity index is 1.71. The van der Waals surface area contributed by atoms with Crippen molar-refractivity contribution in [2.75, 3.05) is 6.61 Å². The van der Waals surface area contributed by atoms with E-state index >= 15 is 0 Å². The van der Waals surface area contributed by atoms with Crippen molar-refractivity contribution in [3.05, 3.63) is 21.4 Å². The fraction of sp³-hybridized carbons (Fsp3) is 0.625. The number of carbonyl (C=O) groups excluding carboxylic acids is 1. The zero-order valence-corrected chi connectivity index (χ0v) is 13.3. The van der Waals surface area contributed by atoms with E-state index in [1.54, 1.807) is 0 Å². The van der Waals surface area contributed by atoms with Gasteiger partial charge in [-0.05, 0) is 24.5 Å². The lowest BCUT2D eigenvalue weighted by Crippen LogP contribution is -2.42. The van der Waals surface area contributed by atoms with E-state index in [4.69, 9.17) is 4.74 Å². The van der Waals surface area contributed by atoms with Gasteiger partial charge in [-0.2, -0.15) is 0 Å². The molecule has 1 amide bonds. The molecule has 0 spiro atoms. The van der Waals surface area contributed by atoms with Crippen LogP contribution in [0.3, 0.4) is 0 Å². The summed E-state index contributed by atoms with van der Waals surface area (Å²) in [4.78, 5) is 25.8. The molecular weight excluding hydrogens is 302 g/mol. The number of hydrogen-bond donors (Lipinski definition) is 2. The van der Waals surface area contributed by atoms with Gasteiger partial charge in [0.2, 0.25) is 0 Å². The molecule has 1 aliphatic heterocycles. The van der Waals surface area contributed by atoms with Crippen molar-refractivity contribution in [1.29, 1.82) is 0 Å². The summed E-state index contributed by atoms with van der Waals surface area (Å²) in [5, 5.41) is 12.4. The standard InChI is InChI=1S/C16H21NO4S/c18-15(14-8-10-9-21-7-6-13(10)22-14)17-12-5-3-1-2-4-11(12)16(19)20/h8,11-12H,1-7,9H2,(H,17,18)(H,19,20)/t11-,12+/m1/s1. The lowest BCUT2D eigenvalue weighted by molar-refractivity contribution is -0.142. The quantitative estimate of drug-likeness (QED) is 0.838. The van der Waals surface area contributed by atoms with Crippen LogP contribution in [0.4, 0.5) is 0 Å². The summed E-state index contributed by atoms with van der Waals surface area (Å²) >= 11 is 1.51. The highest BCUT2D eigenvalue weighted by Crippen LogP contribution is 2.28. The van der Waals surface area contributed by atoms with Crippen molar-refractivity contribution in [2.24, 2.45) is 5.92 Å². The molecule has 2 N–H and O–H groups in total. The van der Waals surface area contributed by atoms with Gasteiger partial charge in [-0.15, -0.1) is 11.3 Å². The molecule has 0 unspecified atom stereocenters. The van der Waals surface area contributed by atoms with Crippen molar-refractivity contribution in [3.8, 4) is 0 Å². The highest BCUT2D eigenvalue weighted by Gasteiger charge is 2.31. The van der Waals surface area contributed by atoms with Gasteiger partial charge in [0.1, 0.15) is 0 Å². The number of rotatable bonds is 3. The van der Waals surface area contributed by atoms with Crippen LogP contribution in [0.1, 0.15) is 52.2 Å². The first-order valence-electron chi connectivity index (χ1n) is 7.88. The van der Waals surface area contributed by atoms with Crippen molar-refractivity contribution >= 4 is 23.2 Å². The van der Waals surface area contributed by atoms with Crippen LogP contribution in [0.5, 0.6) is 0 Å². The maximum absolute atomic E-state index is 12.5. The topological polar surface area (TPSA) is 75.6 Å². The number of fused-ring (bicyclic) bond motifs is 1. The SMILES string of the molecule is O=C(N[C@H]1CCCCC[C@H]1C(=O)O)c1cc2c(s1)CCOC2. The molecule has 2 heterocycles. The van der Waals surface area contributed by atoms with E-state index in [1.807, 2.05) is 6.07 Å². The average Bonchev–Trinajstić information content (AvgIpc) is 2.80. The third-order valence-electron chi connectivity index (χ3n) is 4.50. The predicted octanol–water partition coefficient (Wildman–Crippen LogP) is 2.58. The van der Waals surface area contributed by atoms with Gasteiger partial charge < -0.3 is 15.2 Å². The van der Waals surface area contributed by atoms with E-state index in [0.29, 0.717) is 24.5 Å². The largest absolute Gasteiger partial charge is 0.481 e. The molecule has 0 radical (unpaired) electrons. The van der Waals surface area contributed by atoms with Crippen LogP contribution in [0.25, 0.3) is 0 Å². The molecular formula is C16H21NO4S. The van der Waals surface area contributed by atoms with E-state index in [-0.39, 0.29) is 11.9 Å². The number of nitrogens with one attached hydrogen (secondary N) is 1. The minimum atomic E-state index is -0.800. The Morgan fingerprint density at radius 1 is 1.27 bits per heavy atom. The Labute approximate surface area is 133 Å². The van der Waals surface area contributed by atoms with Crippen molar-refractivity contribution in [2.45, 2.75) is 51.2 Å². The van der Waals surface area contributed by atoms with Crippen LogP contribution in [-0.2, 0) is 22.6 Å². The Morgan fingerprint density at radius 2 is 2.09 bits per heavy atom. The van der Waals surface area contributed by atoms with E-state index < -0.39 is 11.9 Å². The monoisotopic (exact) mass is 323 g/mol. The molecule has 1 aliphatic carbocycles. The van der Waals surface area contributed by atoms with Crippen molar-refractivity contribution in [1.82, 2.24) is 5.32 Å². The normalized spacial score (nSPS) is 25.1. The van der Waals surface area contributed by atoms with Gasteiger partial charge in [0.25, 0.3) is 5.91 Å². The summed E-state index contributed by atoms with van der Waals surface area (Å²) in [6.45, 7) is 1.28. The molecule has 6 heteroatoms. The lowest BCUT2D eigenvalue weighted by Gasteiger charge is -2.22. The minimum Gasteiger partial charge on any atom is -0.481 e. The summed E-state index contributed by atoms with van der Waals surface area (Å²) < 4.78 is 5.40. The molecule has 5 nitrogen and oxygen atoms in total. The third-order valence-corrected chi connectivity index (χ3v) is 5.74. The van der Waals surface area contributed by atoms with Crippen LogP contribution >= 0.6 is 11.3 Å². The minimum absolute atomic E-state index is 0.141. The van der Waals surface area contributed by atoms with Crippen LogP contribution in [0, 0.1) is 5.92 Å². The van der Waals surface area contributed by atoms with Gasteiger partial charge in [-0.25, -0.2) is 0 Å². The lowest BCUT2D eigenvalue weighted by atomic mass is 9.95. The highest BCUT2D eigenvalue weighted by atomic mass is 32.1. The molecule has 2 aliphatic rings. The van der Waals surface area contributed by atoms with Gasteiger partial charge in [-0.3, -0.25) is 9.59 Å². The molecule has 3 rings (SSSR count). The van der Waals surface area contributed by atoms with Crippen LogP contribution < -0.4 is 5.32 Å². The zero-order valence-electron chi connectivity index (χ0n) is 12.5. The highest BCUT2D eigenvalue weighted by molar-refractivity contribution is 7.14. The molecule has 0 saturated heterocycles. The second kappa shape index (κ2) is 6.79. The van der Waals surface area contributed by atoms with Crippen molar-refractivity contribution in [3.63, 3.8) is 0 Å². The third kappa shape index (κ3) is 3.33. The Morgan fingerprint density at radius 3 is 2.86 bits per heavy atom. The van der Waals surface area contributed by atoms with E-state index in [1.165, 1.54) is 16.2 Å².